The van der Waals surface area contributed by atoms with Crippen LogP contribution in [-0.2, 0) is 4.79 Å². The van der Waals surface area contributed by atoms with Gasteiger partial charge in [-0.3, -0.25) is 9.69 Å². The molecule has 2 atom stereocenters. The van der Waals surface area contributed by atoms with E-state index in [4.69, 9.17) is 5.11 Å². The number of rotatable bonds is 6. The Labute approximate surface area is 124 Å². The average molecular weight is 301 g/mol. The highest BCUT2D eigenvalue weighted by Gasteiger charge is 2.35. The zero-order valence-electron chi connectivity index (χ0n) is 12.3. The first-order chi connectivity index (χ1) is 9.99. The molecule has 0 aromatic rings. The van der Waals surface area contributed by atoms with Crippen LogP contribution >= 0.6 is 0 Å². The van der Waals surface area contributed by atoms with Gasteiger partial charge in [-0.15, -0.1) is 0 Å². The van der Waals surface area contributed by atoms with Gasteiger partial charge < -0.3 is 15.7 Å². The van der Waals surface area contributed by atoms with Crippen molar-refractivity contribution in [1.82, 2.24) is 15.5 Å². The Morgan fingerprint density at radius 2 is 2.00 bits per heavy atom. The molecule has 6 nitrogen and oxygen atoms in total. The van der Waals surface area contributed by atoms with Crippen molar-refractivity contribution >= 4 is 12.0 Å². The first-order valence-electron chi connectivity index (χ1n) is 7.66. The van der Waals surface area contributed by atoms with Crippen LogP contribution in [0.3, 0.4) is 0 Å². The van der Waals surface area contributed by atoms with Gasteiger partial charge in [0.2, 0.25) is 0 Å². The van der Waals surface area contributed by atoms with Gasteiger partial charge >= 0.3 is 12.0 Å². The molecule has 7 heteroatoms. The lowest BCUT2D eigenvalue weighted by molar-refractivity contribution is -0.139. The molecule has 2 aliphatic carbocycles. The fraction of sp³-hybridized carbons (Fsp3) is 0.857. The fourth-order valence-electron chi connectivity index (χ4n) is 3.15. The lowest BCUT2D eigenvalue weighted by Gasteiger charge is -2.42. The number of carboxylic acids is 1. The van der Waals surface area contributed by atoms with Gasteiger partial charge in [0, 0.05) is 12.1 Å². The molecule has 0 radical (unpaired) electrons. The Hall–Kier alpha value is -1.37. The van der Waals surface area contributed by atoms with Gasteiger partial charge in [0.05, 0.1) is 12.6 Å². The molecule has 0 aromatic heterocycles. The van der Waals surface area contributed by atoms with E-state index in [1.165, 1.54) is 0 Å². The summed E-state index contributed by atoms with van der Waals surface area (Å²) in [6, 6.07) is -0.413. The Bertz CT molecular complexity index is 388. The van der Waals surface area contributed by atoms with Crippen LogP contribution in [0.15, 0.2) is 0 Å². The highest BCUT2D eigenvalue weighted by Crippen LogP contribution is 2.26. The summed E-state index contributed by atoms with van der Waals surface area (Å²) in [5.41, 5.74) is 0. The van der Waals surface area contributed by atoms with E-state index in [0.29, 0.717) is 19.4 Å². The molecule has 2 saturated carbocycles. The van der Waals surface area contributed by atoms with Gasteiger partial charge in [0.1, 0.15) is 6.17 Å². The quantitative estimate of drug-likeness (QED) is 0.686. The number of carboxylic acid groups (broad SMARTS) is 1. The molecule has 2 amide bonds. The van der Waals surface area contributed by atoms with E-state index in [-0.39, 0.29) is 30.7 Å². The number of halogens is 1. The van der Waals surface area contributed by atoms with Crippen molar-refractivity contribution in [3.63, 3.8) is 0 Å². The number of urea groups is 1. The second kappa shape index (κ2) is 7.06. The molecule has 0 heterocycles. The molecule has 2 aliphatic rings. The number of amides is 2. The largest absolute Gasteiger partial charge is 0.480 e. The molecule has 2 rings (SSSR count). The summed E-state index contributed by atoms with van der Waals surface area (Å²) in [5, 5.41) is 14.3. The highest BCUT2D eigenvalue weighted by molar-refractivity contribution is 5.74. The first kappa shape index (κ1) is 16.0. The van der Waals surface area contributed by atoms with Crippen molar-refractivity contribution < 1.29 is 19.1 Å². The van der Waals surface area contributed by atoms with Gasteiger partial charge in [-0.05, 0) is 38.6 Å². The minimum Gasteiger partial charge on any atom is -0.480 e. The minimum atomic E-state index is -0.934. The number of carbonyl (C=O) groups is 2. The predicted molar refractivity (Wildman–Crippen MR) is 75.9 cm³/mol. The van der Waals surface area contributed by atoms with Crippen LogP contribution in [0.25, 0.3) is 0 Å². The van der Waals surface area contributed by atoms with Crippen molar-refractivity contribution in [2.24, 2.45) is 0 Å². The van der Waals surface area contributed by atoms with Gasteiger partial charge in [-0.2, -0.15) is 0 Å². The molecule has 0 aromatic carbocycles. The third-order valence-electron chi connectivity index (χ3n) is 4.46. The molecule has 3 N–H and O–H groups in total. The summed E-state index contributed by atoms with van der Waals surface area (Å²) in [4.78, 5) is 24.4. The van der Waals surface area contributed by atoms with Crippen molar-refractivity contribution in [1.29, 1.82) is 0 Å². The lowest BCUT2D eigenvalue weighted by atomic mass is 9.85. The minimum absolute atomic E-state index is 0.0334. The van der Waals surface area contributed by atoms with Crippen LogP contribution in [-0.4, -0.2) is 59.4 Å². The first-order valence-corrected chi connectivity index (χ1v) is 7.66. The summed E-state index contributed by atoms with van der Waals surface area (Å²) in [5.74, 6) is -0.832. The maximum atomic E-state index is 13.4. The number of likely N-dealkylation sites (N-methyl/N-ethyl adjacent to an activating group) is 1. The van der Waals surface area contributed by atoms with Gasteiger partial charge in [0.25, 0.3) is 0 Å². The number of nitrogens with zero attached hydrogens (tertiary/aromatic N) is 1. The van der Waals surface area contributed by atoms with Crippen molar-refractivity contribution in [2.75, 3.05) is 13.1 Å². The molecule has 0 aliphatic heterocycles. The van der Waals surface area contributed by atoms with Crippen LogP contribution < -0.4 is 10.6 Å². The van der Waals surface area contributed by atoms with E-state index in [9.17, 15) is 14.0 Å². The summed E-state index contributed by atoms with van der Waals surface area (Å²) in [6.07, 6.45) is 2.60. The monoisotopic (exact) mass is 301 g/mol. The average Bonchev–Trinajstić information content (AvgIpc) is 2.76. The third-order valence-corrected chi connectivity index (χ3v) is 4.46. The topological polar surface area (TPSA) is 81.7 Å². The standard InChI is InChI=1S/C14H24FN3O3/c1-2-18(8-13(19)20)10-6-9(7-10)16-14(21)17-12-5-3-4-11(12)15/h9-12H,2-8H2,1H3,(H,19,20)(H2,16,17,21)/t9?,10?,11-,12+/m0/s1. The van der Waals surface area contributed by atoms with Gasteiger partial charge in [-0.1, -0.05) is 6.92 Å². The zero-order chi connectivity index (χ0) is 15.4. The Morgan fingerprint density at radius 3 is 2.52 bits per heavy atom. The summed E-state index contributed by atoms with van der Waals surface area (Å²) in [7, 11) is 0. The SMILES string of the molecule is CCN(CC(=O)O)C1CC(NC(=O)N[C@@H]2CCC[C@@H]2F)C1. The molecule has 0 saturated heterocycles. The van der Waals surface area contributed by atoms with Crippen LogP contribution in [0, 0.1) is 0 Å². The van der Waals surface area contributed by atoms with E-state index in [0.717, 1.165) is 19.3 Å². The van der Waals surface area contributed by atoms with E-state index in [1.807, 2.05) is 11.8 Å². The number of alkyl halides is 1. The molecule has 21 heavy (non-hydrogen) atoms. The Kier molecular flexibility index (Phi) is 5.39. The molecule has 2 fully saturated rings. The van der Waals surface area contributed by atoms with Crippen LogP contribution in [0.4, 0.5) is 9.18 Å². The molecular formula is C14H24FN3O3. The highest BCUT2D eigenvalue weighted by atomic mass is 19.1. The van der Waals surface area contributed by atoms with Gasteiger partial charge in [0.15, 0.2) is 0 Å². The van der Waals surface area contributed by atoms with Crippen molar-refractivity contribution in [3.8, 4) is 0 Å². The maximum Gasteiger partial charge on any atom is 0.317 e. The predicted octanol–water partition coefficient (Wildman–Crippen LogP) is 1.11. The normalized spacial score (nSPS) is 31.8. The second-order valence-electron chi connectivity index (χ2n) is 5.95. The molecule has 0 unspecified atom stereocenters. The van der Waals surface area contributed by atoms with Crippen LogP contribution in [0.2, 0.25) is 0 Å². The summed E-state index contributed by atoms with van der Waals surface area (Å²) < 4.78 is 13.4. The lowest BCUT2D eigenvalue weighted by Crippen LogP contribution is -2.57. The third kappa shape index (κ3) is 4.30. The van der Waals surface area contributed by atoms with E-state index >= 15 is 0 Å². The molecular weight excluding hydrogens is 277 g/mol. The molecule has 120 valence electrons. The van der Waals surface area contributed by atoms with E-state index < -0.39 is 12.1 Å². The van der Waals surface area contributed by atoms with E-state index in [2.05, 4.69) is 10.6 Å². The van der Waals surface area contributed by atoms with Gasteiger partial charge in [-0.25, -0.2) is 9.18 Å². The zero-order valence-corrected chi connectivity index (χ0v) is 12.3. The Morgan fingerprint density at radius 1 is 1.29 bits per heavy atom. The molecule has 0 spiro atoms. The van der Waals surface area contributed by atoms with E-state index in [1.54, 1.807) is 0 Å². The maximum absolute atomic E-state index is 13.4. The fourth-order valence-corrected chi connectivity index (χ4v) is 3.15. The number of aliphatic carboxylic acids is 1. The summed E-state index contributed by atoms with van der Waals surface area (Å²) >= 11 is 0. The van der Waals surface area contributed by atoms with Crippen LogP contribution in [0.5, 0.6) is 0 Å². The number of carbonyl (C=O) groups excluding carboxylic acids is 1. The number of hydrogen-bond acceptors (Lipinski definition) is 3. The smallest absolute Gasteiger partial charge is 0.317 e. The summed E-state index contributed by atoms with van der Waals surface area (Å²) in [6.45, 7) is 2.64. The van der Waals surface area contributed by atoms with Crippen molar-refractivity contribution in [3.05, 3.63) is 0 Å². The number of nitrogens with one attached hydrogen (secondary N) is 2. The number of hydrogen-bond donors (Lipinski definition) is 3. The van der Waals surface area contributed by atoms with Crippen LogP contribution in [0.1, 0.15) is 39.0 Å². The molecule has 0 bridgehead atoms. The second-order valence-corrected chi connectivity index (χ2v) is 5.95. The van der Waals surface area contributed by atoms with Crippen molar-refractivity contribution in [2.45, 2.75) is 63.3 Å². The Balaban J connectivity index is 1.67.